The summed E-state index contributed by atoms with van der Waals surface area (Å²) in [5.41, 5.74) is 2.52. The Hall–Kier alpha value is -0.0531. The van der Waals surface area contributed by atoms with Gasteiger partial charge in [0.05, 0.1) is 6.10 Å². The molecule has 1 aliphatic carbocycles. The van der Waals surface area contributed by atoms with Crippen molar-refractivity contribution in [3.05, 3.63) is 23.8 Å². The van der Waals surface area contributed by atoms with Crippen LogP contribution in [0.2, 0.25) is 19.6 Å². The van der Waals surface area contributed by atoms with Gasteiger partial charge in [-0.3, -0.25) is 0 Å². The monoisotopic (exact) mass is 258 g/mol. The van der Waals surface area contributed by atoms with E-state index in [1.807, 2.05) is 0 Å². The molecule has 1 nitrogen and oxygen atoms in total. The number of halogens is 1. The second kappa shape index (κ2) is 5.52. The highest BCUT2D eigenvalue weighted by molar-refractivity contribution is 6.69. The lowest BCUT2D eigenvalue weighted by Gasteiger charge is -2.33. The molecule has 1 aliphatic rings. The van der Waals surface area contributed by atoms with Crippen molar-refractivity contribution < 1.29 is 4.43 Å². The second-order valence-electron chi connectivity index (χ2n) is 5.63. The average Bonchev–Trinajstić information content (AvgIpc) is 2.18. The zero-order valence-electron chi connectivity index (χ0n) is 10.8. The zero-order valence-corrected chi connectivity index (χ0v) is 12.6. The molecule has 0 spiro atoms. The highest BCUT2D eigenvalue weighted by Gasteiger charge is 2.28. The standard InChI is InChI=1S/C13H23ClOSi/c1-10-6-7-12(11(2)9-14)8-13(10)15-16(3,4)5/h6,12-13H,2,7-9H2,1,3-5H3/t12-,13-/m0/s1. The Morgan fingerprint density at radius 3 is 2.69 bits per heavy atom. The number of allylic oxidation sites excluding steroid dienone is 2. The van der Waals surface area contributed by atoms with Crippen LogP contribution in [0.4, 0.5) is 0 Å². The Kier molecular flexibility index (Phi) is 4.83. The largest absolute Gasteiger partial charge is 0.411 e. The van der Waals surface area contributed by atoms with E-state index in [1.54, 1.807) is 0 Å². The number of hydrogen-bond acceptors (Lipinski definition) is 1. The van der Waals surface area contributed by atoms with Crippen molar-refractivity contribution in [2.24, 2.45) is 5.92 Å². The van der Waals surface area contributed by atoms with Gasteiger partial charge in [-0.25, -0.2) is 0 Å². The molecule has 0 bridgehead atoms. The second-order valence-corrected chi connectivity index (χ2v) is 10.4. The summed E-state index contributed by atoms with van der Waals surface area (Å²) in [4.78, 5) is 0. The van der Waals surface area contributed by atoms with Crippen LogP contribution in [0.3, 0.4) is 0 Å². The van der Waals surface area contributed by atoms with Crippen LogP contribution in [0.1, 0.15) is 19.8 Å². The third-order valence-electron chi connectivity index (χ3n) is 2.98. The van der Waals surface area contributed by atoms with Gasteiger partial charge in [-0.15, -0.1) is 11.6 Å². The number of rotatable bonds is 4. The summed E-state index contributed by atoms with van der Waals surface area (Å²) >= 11 is 5.85. The van der Waals surface area contributed by atoms with E-state index in [2.05, 4.69) is 39.2 Å². The Morgan fingerprint density at radius 1 is 1.56 bits per heavy atom. The first-order chi connectivity index (χ1) is 7.33. The molecule has 0 saturated heterocycles. The van der Waals surface area contributed by atoms with Gasteiger partial charge >= 0.3 is 0 Å². The fourth-order valence-electron chi connectivity index (χ4n) is 2.01. The van der Waals surface area contributed by atoms with Crippen LogP contribution in [0.5, 0.6) is 0 Å². The first kappa shape index (κ1) is 14.0. The summed E-state index contributed by atoms with van der Waals surface area (Å²) in [5.74, 6) is 1.07. The smallest absolute Gasteiger partial charge is 0.184 e. The van der Waals surface area contributed by atoms with E-state index in [-0.39, 0.29) is 6.10 Å². The molecule has 0 radical (unpaired) electrons. The van der Waals surface area contributed by atoms with Crippen LogP contribution in [-0.2, 0) is 4.43 Å². The normalized spacial score (nSPS) is 26.4. The maximum atomic E-state index is 6.20. The summed E-state index contributed by atoms with van der Waals surface area (Å²) in [5, 5.41) is 0. The van der Waals surface area contributed by atoms with Crippen LogP contribution >= 0.6 is 11.6 Å². The highest BCUT2D eigenvalue weighted by Crippen LogP contribution is 2.32. The molecule has 2 atom stereocenters. The molecular weight excluding hydrogens is 236 g/mol. The average molecular weight is 259 g/mol. The van der Waals surface area contributed by atoms with Gasteiger partial charge in [-0.1, -0.05) is 18.2 Å². The molecule has 0 aliphatic heterocycles. The van der Waals surface area contributed by atoms with E-state index < -0.39 is 8.32 Å². The minimum absolute atomic E-state index is 0.283. The lowest BCUT2D eigenvalue weighted by molar-refractivity contribution is 0.192. The van der Waals surface area contributed by atoms with Crippen molar-refractivity contribution in [1.82, 2.24) is 0 Å². The summed E-state index contributed by atoms with van der Waals surface area (Å²) in [6.07, 6.45) is 4.70. The molecular formula is C13H23ClOSi. The zero-order chi connectivity index (χ0) is 12.3. The summed E-state index contributed by atoms with van der Waals surface area (Å²) in [6.45, 7) is 12.9. The fourth-order valence-corrected chi connectivity index (χ4v) is 3.36. The third-order valence-corrected chi connectivity index (χ3v) is 4.31. The van der Waals surface area contributed by atoms with Gasteiger partial charge in [0.25, 0.3) is 0 Å². The fraction of sp³-hybridized carbons (Fsp3) is 0.692. The van der Waals surface area contributed by atoms with Gasteiger partial charge in [0.1, 0.15) is 0 Å². The van der Waals surface area contributed by atoms with Crippen molar-refractivity contribution in [1.29, 1.82) is 0 Å². The van der Waals surface area contributed by atoms with Crippen molar-refractivity contribution in [2.75, 3.05) is 5.88 Å². The van der Waals surface area contributed by atoms with Gasteiger partial charge < -0.3 is 4.43 Å². The lowest BCUT2D eigenvalue weighted by Crippen LogP contribution is -2.35. The molecule has 0 N–H and O–H groups in total. The molecule has 0 unspecified atom stereocenters. The van der Waals surface area contributed by atoms with Gasteiger partial charge in [-0.05, 0) is 50.9 Å². The van der Waals surface area contributed by atoms with Crippen LogP contribution in [0.25, 0.3) is 0 Å². The molecule has 0 saturated carbocycles. The van der Waals surface area contributed by atoms with Crippen molar-refractivity contribution in [3.63, 3.8) is 0 Å². The molecule has 0 heterocycles. The van der Waals surface area contributed by atoms with E-state index in [1.165, 1.54) is 5.57 Å². The molecule has 16 heavy (non-hydrogen) atoms. The third kappa shape index (κ3) is 4.08. The van der Waals surface area contributed by atoms with E-state index in [4.69, 9.17) is 16.0 Å². The Bertz CT molecular complexity index is 291. The van der Waals surface area contributed by atoms with Crippen LogP contribution in [0.15, 0.2) is 23.8 Å². The van der Waals surface area contributed by atoms with E-state index >= 15 is 0 Å². The highest BCUT2D eigenvalue weighted by atomic mass is 35.5. The Morgan fingerprint density at radius 2 is 2.19 bits per heavy atom. The van der Waals surface area contributed by atoms with Crippen LogP contribution in [-0.4, -0.2) is 20.3 Å². The summed E-state index contributed by atoms with van der Waals surface area (Å²) < 4.78 is 6.20. The first-order valence-corrected chi connectivity index (χ1v) is 9.86. The molecule has 3 heteroatoms. The predicted octanol–water partition coefficient (Wildman–Crippen LogP) is 4.36. The van der Waals surface area contributed by atoms with Crippen molar-refractivity contribution in [3.8, 4) is 0 Å². The van der Waals surface area contributed by atoms with E-state index in [0.29, 0.717) is 11.8 Å². The maximum absolute atomic E-state index is 6.20. The van der Waals surface area contributed by atoms with Gasteiger partial charge in [-0.2, -0.15) is 0 Å². The van der Waals surface area contributed by atoms with Gasteiger partial charge in [0, 0.05) is 5.88 Å². The van der Waals surface area contributed by atoms with E-state index in [9.17, 15) is 0 Å². The minimum atomic E-state index is -1.46. The topological polar surface area (TPSA) is 9.23 Å². The number of alkyl halides is 1. The molecule has 0 fully saturated rings. The number of hydrogen-bond donors (Lipinski definition) is 0. The van der Waals surface area contributed by atoms with E-state index in [0.717, 1.165) is 18.4 Å². The summed E-state index contributed by atoms with van der Waals surface area (Å²) in [7, 11) is -1.46. The molecule has 92 valence electrons. The van der Waals surface area contributed by atoms with Crippen molar-refractivity contribution >= 4 is 19.9 Å². The summed E-state index contributed by atoms with van der Waals surface area (Å²) in [6, 6.07) is 0. The molecule has 0 amide bonds. The Labute approximate surface area is 106 Å². The van der Waals surface area contributed by atoms with Gasteiger partial charge in [0.2, 0.25) is 0 Å². The van der Waals surface area contributed by atoms with Crippen LogP contribution in [0, 0.1) is 5.92 Å². The quantitative estimate of drug-likeness (QED) is 0.414. The molecule has 0 aromatic heterocycles. The molecule has 0 aromatic carbocycles. The SMILES string of the molecule is C=C(CCl)[C@H]1CC=C(C)[C@@H](O[Si](C)(C)C)C1. The lowest BCUT2D eigenvalue weighted by atomic mass is 9.84. The minimum Gasteiger partial charge on any atom is -0.411 e. The van der Waals surface area contributed by atoms with Gasteiger partial charge in [0.15, 0.2) is 8.32 Å². The molecule has 0 aromatic rings. The predicted molar refractivity (Wildman–Crippen MR) is 74.6 cm³/mol. The maximum Gasteiger partial charge on any atom is 0.184 e. The Balaban J connectivity index is 2.68. The first-order valence-electron chi connectivity index (χ1n) is 5.91. The van der Waals surface area contributed by atoms with Crippen LogP contribution < -0.4 is 0 Å². The van der Waals surface area contributed by atoms with Crippen molar-refractivity contribution in [2.45, 2.75) is 45.5 Å². The molecule has 1 rings (SSSR count).